The van der Waals surface area contributed by atoms with Crippen molar-refractivity contribution in [2.24, 2.45) is 11.8 Å². The van der Waals surface area contributed by atoms with Crippen LogP contribution in [0.5, 0.6) is 11.5 Å². The molecule has 3 amide bonds. The van der Waals surface area contributed by atoms with E-state index in [1.165, 1.54) is 12.7 Å². The molecule has 53 heavy (non-hydrogen) atoms. The number of nitrogens with zero attached hydrogens (tertiary/aromatic N) is 4. The van der Waals surface area contributed by atoms with E-state index < -0.39 is 5.97 Å². The zero-order valence-corrected chi connectivity index (χ0v) is 33.0. The van der Waals surface area contributed by atoms with Crippen LogP contribution in [-0.4, -0.2) is 76.0 Å². The molecule has 0 saturated carbocycles. The van der Waals surface area contributed by atoms with Crippen LogP contribution in [0.1, 0.15) is 32.6 Å². The molecule has 17 heteroatoms. The van der Waals surface area contributed by atoms with Gasteiger partial charge in [0, 0.05) is 67.7 Å². The third kappa shape index (κ3) is 14.6. The van der Waals surface area contributed by atoms with Gasteiger partial charge in [-0.15, -0.1) is 0 Å². The maximum atomic E-state index is 12.3. The van der Waals surface area contributed by atoms with Gasteiger partial charge in [0.05, 0.1) is 37.4 Å². The fourth-order valence-corrected chi connectivity index (χ4v) is 4.93. The van der Waals surface area contributed by atoms with Gasteiger partial charge in [-0.3, -0.25) is 23.6 Å². The number of para-hydroxylation sites is 2. The Kier molecular flexibility index (Phi) is 19.8. The number of ether oxygens (including phenoxy) is 2. The molecule has 281 valence electrons. The summed E-state index contributed by atoms with van der Waals surface area (Å²) in [5.74, 6) is 0.694. The molecule has 15 nitrogen and oxygen atoms in total. The van der Waals surface area contributed by atoms with E-state index in [0.29, 0.717) is 55.3 Å². The maximum absolute atomic E-state index is 12.3. The van der Waals surface area contributed by atoms with E-state index in [1.807, 2.05) is 59.9 Å². The molecule has 2 saturated heterocycles. The van der Waals surface area contributed by atoms with Crippen LogP contribution >= 0.6 is 22.6 Å². The number of aromatic nitrogens is 4. The Balaban J connectivity index is 0.000000286. The largest absolute Gasteiger partial charge is 0.496 e. The molecule has 2 unspecified atom stereocenters. The standard InChI is InChI=1S/C17H18N4O3.C11H11N3O.C6H9NO3.C2H4I.V/c1-24-14-5-3-2-4-12(14)13-8-15(20-10-19-13)21-17(23)11-6-7-16(22)18-9-11;1-15-10-5-3-2-4-8(10)9-6-11(12)14-7-13-9;8-5-2-1-4(3-7-5)6(9)10;1-2-3;/h2-5,8,10-11H,6-7,9H2,1H3,(H,18,22)(H,19,20,21,23);2-7H,1H3,(H2,12,13,14);4H,1-3H2,(H,7,8)(H,9,10);2H,1H3;/q;;;-1;. The second-order valence-electron chi connectivity index (χ2n) is 11.1. The van der Waals surface area contributed by atoms with Gasteiger partial charge in [-0.05, 0) is 37.1 Å². The maximum Gasteiger partial charge on any atom is 0.308 e. The number of benzene rings is 2. The molecular weight excluding hydrogens is 834 g/mol. The van der Waals surface area contributed by atoms with Crippen LogP contribution in [0.15, 0.2) is 73.3 Å². The van der Waals surface area contributed by atoms with Crippen molar-refractivity contribution in [1.29, 1.82) is 0 Å². The van der Waals surface area contributed by atoms with Crippen LogP contribution in [0.25, 0.3) is 22.5 Å². The molecule has 2 aromatic carbocycles. The fraction of sp³-hybridized carbons (Fsp3) is 0.306. The van der Waals surface area contributed by atoms with Crippen LogP contribution in [0.2, 0.25) is 0 Å². The third-order valence-corrected chi connectivity index (χ3v) is 7.62. The van der Waals surface area contributed by atoms with Crippen molar-refractivity contribution >= 4 is 57.9 Å². The number of aliphatic carboxylic acids is 1. The van der Waals surface area contributed by atoms with Crippen molar-refractivity contribution in [2.75, 3.05) is 38.4 Å². The molecule has 2 aliphatic heterocycles. The molecule has 0 aliphatic carbocycles. The number of anilines is 2. The molecule has 0 spiro atoms. The minimum absolute atomic E-state index is 0. The van der Waals surface area contributed by atoms with Crippen LogP contribution in [0, 0.1) is 16.3 Å². The van der Waals surface area contributed by atoms with Gasteiger partial charge in [-0.25, -0.2) is 19.9 Å². The first kappa shape index (κ1) is 44.4. The van der Waals surface area contributed by atoms with E-state index in [-0.39, 0.29) is 54.7 Å². The number of methoxy groups -OCH3 is 2. The first-order chi connectivity index (χ1) is 25.1. The number of nitrogens with one attached hydrogen (secondary N) is 3. The average Bonchev–Trinajstić information content (AvgIpc) is 3.16. The fourth-order valence-electron chi connectivity index (χ4n) is 4.93. The zero-order valence-electron chi connectivity index (χ0n) is 29.5. The molecule has 0 bridgehead atoms. The third-order valence-electron chi connectivity index (χ3n) is 7.62. The van der Waals surface area contributed by atoms with E-state index in [0.717, 1.165) is 22.6 Å². The molecule has 6 rings (SSSR count). The number of carboxylic acid groups (broad SMARTS) is 1. The molecule has 1 radical (unpaired) electrons. The molecule has 4 heterocycles. The summed E-state index contributed by atoms with van der Waals surface area (Å²) in [5, 5.41) is 16.5. The smallest absolute Gasteiger partial charge is 0.308 e. The van der Waals surface area contributed by atoms with Crippen molar-refractivity contribution in [3.63, 3.8) is 0 Å². The summed E-state index contributed by atoms with van der Waals surface area (Å²) < 4.78 is 12.5. The van der Waals surface area contributed by atoms with Gasteiger partial charge in [-0.1, -0.05) is 24.3 Å². The minimum Gasteiger partial charge on any atom is -0.496 e. The zero-order chi connectivity index (χ0) is 37.9. The van der Waals surface area contributed by atoms with Crippen LogP contribution in [-0.2, 0) is 37.7 Å². The molecular formula is C36H42IN8O7V-. The SMILES string of the molecule is COc1ccccc1-c1cc(N)ncn1.COc1ccccc1-c1cc(NC(=O)C2CCC(=O)NC2)ncn1.C[CH-]I.O=C1CCC(C(=O)O)CN1.[V]. The second kappa shape index (κ2) is 23.7. The Morgan fingerprint density at radius 2 is 1.30 bits per heavy atom. The van der Waals surface area contributed by atoms with Crippen molar-refractivity contribution in [3.8, 4) is 34.0 Å². The first-order valence-electron chi connectivity index (χ1n) is 16.2. The monoisotopic (exact) mass is 876 g/mol. The van der Waals surface area contributed by atoms with E-state index in [4.69, 9.17) is 20.3 Å². The average molecular weight is 877 g/mol. The van der Waals surface area contributed by atoms with Crippen LogP contribution in [0.3, 0.4) is 0 Å². The second-order valence-corrected chi connectivity index (χ2v) is 12.4. The van der Waals surface area contributed by atoms with Gasteiger partial charge < -0.3 is 58.9 Å². The summed E-state index contributed by atoms with van der Waals surface area (Å²) in [6.07, 6.45) is 4.58. The summed E-state index contributed by atoms with van der Waals surface area (Å²) in [6.45, 7) is 2.63. The molecule has 6 N–H and O–H groups in total. The van der Waals surface area contributed by atoms with Gasteiger partial charge in [0.1, 0.15) is 35.8 Å². The minimum atomic E-state index is -0.819. The number of carbonyl (C=O) groups excluding carboxylic acids is 3. The van der Waals surface area contributed by atoms with Crippen molar-refractivity contribution in [2.45, 2.75) is 32.6 Å². The first-order valence-corrected chi connectivity index (χ1v) is 17.5. The number of carbonyl (C=O) groups is 4. The van der Waals surface area contributed by atoms with E-state index in [2.05, 4.69) is 58.5 Å². The number of rotatable bonds is 7. The van der Waals surface area contributed by atoms with Crippen molar-refractivity contribution in [3.05, 3.63) is 77.7 Å². The van der Waals surface area contributed by atoms with E-state index in [9.17, 15) is 19.2 Å². The quantitative estimate of drug-likeness (QED) is 0.128. The van der Waals surface area contributed by atoms with Crippen LogP contribution < -0.4 is 31.2 Å². The molecule has 2 aromatic heterocycles. The van der Waals surface area contributed by atoms with E-state index in [1.54, 1.807) is 26.4 Å². The van der Waals surface area contributed by atoms with Crippen LogP contribution in [0.4, 0.5) is 11.6 Å². The van der Waals surface area contributed by atoms with Gasteiger partial charge >= 0.3 is 5.97 Å². The number of amides is 3. The molecule has 2 aliphatic rings. The molecule has 2 fully saturated rings. The van der Waals surface area contributed by atoms with E-state index >= 15 is 0 Å². The number of nitrogen functional groups attached to an aromatic ring is 1. The Labute approximate surface area is 333 Å². The summed E-state index contributed by atoms with van der Waals surface area (Å²) in [7, 11) is 3.23. The number of hydrogen-bond donors (Lipinski definition) is 5. The summed E-state index contributed by atoms with van der Waals surface area (Å²) in [5.41, 5.74) is 8.75. The Morgan fingerprint density at radius 3 is 1.75 bits per heavy atom. The van der Waals surface area contributed by atoms with Crippen molar-refractivity contribution < 1.29 is 52.3 Å². The number of hydrogen-bond acceptors (Lipinski definition) is 11. The summed E-state index contributed by atoms with van der Waals surface area (Å²) in [6, 6.07) is 18.6. The predicted octanol–water partition coefficient (Wildman–Crippen LogP) is 4.55. The molecule has 4 aromatic rings. The van der Waals surface area contributed by atoms with Gasteiger partial charge in [-0.2, -0.15) is 6.92 Å². The van der Waals surface area contributed by atoms with Gasteiger partial charge in [0.15, 0.2) is 0 Å². The van der Waals surface area contributed by atoms with Crippen molar-refractivity contribution in [1.82, 2.24) is 30.6 Å². The topological polar surface area (TPSA) is 221 Å². The molecule has 2 atom stereocenters. The summed E-state index contributed by atoms with van der Waals surface area (Å²) >= 11 is 2.16. The Hall–Kier alpha value is -4.81. The Morgan fingerprint density at radius 1 is 0.830 bits per heavy atom. The number of nitrogens with two attached hydrogens (primary N) is 1. The Bertz CT molecular complexity index is 1780. The predicted molar refractivity (Wildman–Crippen MR) is 204 cm³/mol. The van der Waals surface area contributed by atoms with Gasteiger partial charge in [0.2, 0.25) is 17.7 Å². The number of piperidine rings is 2. The normalized spacial score (nSPS) is 15.7. The van der Waals surface area contributed by atoms with Gasteiger partial charge in [0.25, 0.3) is 0 Å². The summed E-state index contributed by atoms with van der Waals surface area (Å²) in [4.78, 5) is 60.7. The number of halogens is 1. The number of carboxylic acids is 1.